The van der Waals surface area contributed by atoms with Crippen LogP contribution in [0.4, 0.5) is 11.4 Å². The van der Waals surface area contributed by atoms with Crippen molar-refractivity contribution in [2.45, 2.75) is 39.0 Å². The Kier molecular flexibility index (Phi) is 7.70. The van der Waals surface area contributed by atoms with Gasteiger partial charge in [0.2, 0.25) is 0 Å². The Labute approximate surface area is 183 Å². The van der Waals surface area contributed by atoms with E-state index in [4.69, 9.17) is 20.9 Å². The maximum Gasteiger partial charge on any atom is 0.330 e. The van der Waals surface area contributed by atoms with Gasteiger partial charge < -0.3 is 20.9 Å². The summed E-state index contributed by atoms with van der Waals surface area (Å²) in [7, 11) is 0. The number of anilines is 2. The number of carbonyl (C=O) groups excluding carboxylic acids is 2. The molecule has 0 bridgehead atoms. The molecule has 0 amide bonds. The van der Waals surface area contributed by atoms with E-state index in [2.05, 4.69) is 6.92 Å². The van der Waals surface area contributed by atoms with E-state index < -0.39 is 5.97 Å². The molecule has 1 aliphatic rings. The standard InChI is InChI=1S/C25H30N2O4/c1-17-2-7-20(8-3-17)25(29)31-22-11-4-18(5-12-22)6-13-24(28)30-15-14-19-9-10-21(26)16-23(19)27/h4-6,9-13,16-17,20H,2-3,7-8,14-15,26-27H2,1H3/b13-6+. The van der Waals surface area contributed by atoms with Crippen LogP contribution in [0.25, 0.3) is 6.08 Å². The van der Waals surface area contributed by atoms with Gasteiger partial charge in [0.15, 0.2) is 0 Å². The topological polar surface area (TPSA) is 105 Å². The van der Waals surface area contributed by atoms with Crippen LogP contribution >= 0.6 is 0 Å². The molecule has 31 heavy (non-hydrogen) atoms. The van der Waals surface area contributed by atoms with E-state index in [9.17, 15) is 9.59 Å². The van der Waals surface area contributed by atoms with E-state index in [1.165, 1.54) is 6.08 Å². The summed E-state index contributed by atoms with van der Waals surface area (Å²) in [6, 6.07) is 12.3. The zero-order valence-electron chi connectivity index (χ0n) is 17.9. The molecule has 2 aromatic carbocycles. The van der Waals surface area contributed by atoms with Gasteiger partial charge in [-0.1, -0.05) is 25.1 Å². The Balaban J connectivity index is 1.43. The van der Waals surface area contributed by atoms with Crippen molar-refractivity contribution in [2.24, 2.45) is 11.8 Å². The summed E-state index contributed by atoms with van der Waals surface area (Å²) in [5.41, 5.74) is 14.5. The Morgan fingerprint density at radius 1 is 1.03 bits per heavy atom. The largest absolute Gasteiger partial charge is 0.462 e. The SMILES string of the molecule is CC1CCC(C(=O)Oc2ccc(/C=C/C(=O)OCCc3ccc(N)cc3N)cc2)CC1. The summed E-state index contributed by atoms with van der Waals surface area (Å²) in [6.45, 7) is 2.45. The van der Waals surface area contributed by atoms with E-state index in [0.29, 0.717) is 29.5 Å². The number of benzene rings is 2. The minimum Gasteiger partial charge on any atom is -0.462 e. The number of hydrogen-bond donors (Lipinski definition) is 2. The smallest absolute Gasteiger partial charge is 0.330 e. The maximum absolute atomic E-state index is 12.3. The molecule has 6 nitrogen and oxygen atoms in total. The fourth-order valence-corrected chi connectivity index (χ4v) is 3.66. The lowest BCUT2D eigenvalue weighted by Crippen LogP contribution is -2.24. The van der Waals surface area contributed by atoms with Gasteiger partial charge in [0, 0.05) is 23.9 Å². The van der Waals surface area contributed by atoms with Crippen LogP contribution in [0.2, 0.25) is 0 Å². The summed E-state index contributed by atoms with van der Waals surface area (Å²) in [5.74, 6) is 0.618. The van der Waals surface area contributed by atoms with Crippen molar-refractivity contribution in [3.05, 3.63) is 59.7 Å². The quantitative estimate of drug-likeness (QED) is 0.297. The normalized spacial score (nSPS) is 18.6. The first-order chi connectivity index (χ1) is 14.9. The van der Waals surface area contributed by atoms with Crippen LogP contribution in [-0.2, 0) is 20.7 Å². The van der Waals surface area contributed by atoms with Crippen molar-refractivity contribution >= 4 is 29.4 Å². The number of nitrogens with two attached hydrogens (primary N) is 2. The summed E-state index contributed by atoms with van der Waals surface area (Å²) >= 11 is 0. The van der Waals surface area contributed by atoms with Gasteiger partial charge in [-0.2, -0.15) is 0 Å². The average Bonchev–Trinajstić information content (AvgIpc) is 2.75. The number of rotatable bonds is 7. The Bertz CT molecular complexity index is 929. The van der Waals surface area contributed by atoms with E-state index in [1.807, 2.05) is 6.07 Å². The monoisotopic (exact) mass is 422 g/mol. The number of carbonyl (C=O) groups is 2. The molecule has 0 atom stereocenters. The van der Waals surface area contributed by atoms with Crippen LogP contribution < -0.4 is 16.2 Å². The molecule has 164 valence electrons. The molecular formula is C25H30N2O4. The van der Waals surface area contributed by atoms with Gasteiger partial charge in [-0.05, 0) is 73.1 Å². The third-order valence-electron chi connectivity index (χ3n) is 5.65. The molecule has 1 aliphatic carbocycles. The number of esters is 2. The first kappa shape index (κ1) is 22.4. The van der Waals surface area contributed by atoms with Crippen molar-refractivity contribution < 1.29 is 19.1 Å². The maximum atomic E-state index is 12.3. The molecule has 0 heterocycles. The Hall–Kier alpha value is -3.28. The fraction of sp³-hybridized carbons (Fsp3) is 0.360. The minimum absolute atomic E-state index is 0.00543. The fourth-order valence-electron chi connectivity index (χ4n) is 3.66. The van der Waals surface area contributed by atoms with Crippen LogP contribution in [0.3, 0.4) is 0 Å². The molecule has 1 fully saturated rings. The molecule has 2 aromatic rings. The lowest BCUT2D eigenvalue weighted by molar-refractivity contribution is -0.140. The van der Waals surface area contributed by atoms with Crippen molar-refractivity contribution in [2.75, 3.05) is 18.1 Å². The predicted octanol–water partition coefficient (Wildman–Crippen LogP) is 4.38. The molecular weight excluding hydrogens is 392 g/mol. The van der Waals surface area contributed by atoms with E-state index in [1.54, 1.807) is 42.5 Å². The highest BCUT2D eigenvalue weighted by Crippen LogP contribution is 2.29. The predicted molar refractivity (Wildman–Crippen MR) is 122 cm³/mol. The molecule has 3 rings (SSSR count). The molecule has 4 N–H and O–H groups in total. The third-order valence-corrected chi connectivity index (χ3v) is 5.65. The molecule has 1 saturated carbocycles. The van der Waals surface area contributed by atoms with Gasteiger partial charge in [-0.3, -0.25) is 4.79 Å². The molecule has 0 aromatic heterocycles. The number of ether oxygens (including phenoxy) is 2. The average molecular weight is 423 g/mol. The Morgan fingerprint density at radius 3 is 2.42 bits per heavy atom. The molecule has 0 spiro atoms. The lowest BCUT2D eigenvalue weighted by Gasteiger charge is -2.24. The first-order valence-electron chi connectivity index (χ1n) is 10.7. The van der Waals surface area contributed by atoms with Crippen molar-refractivity contribution in [1.82, 2.24) is 0 Å². The van der Waals surface area contributed by atoms with Crippen LogP contribution in [0.15, 0.2) is 48.5 Å². The summed E-state index contributed by atoms with van der Waals surface area (Å²) < 4.78 is 10.7. The van der Waals surface area contributed by atoms with Crippen molar-refractivity contribution in [3.63, 3.8) is 0 Å². The highest BCUT2D eigenvalue weighted by molar-refractivity contribution is 5.87. The van der Waals surface area contributed by atoms with Crippen molar-refractivity contribution in [3.8, 4) is 5.75 Å². The minimum atomic E-state index is -0.434. The third kappa shape index (κ3) is 6.88. The summed E-state index contributed by atoms with van der Waals surface area (Å²) in [4.78, 5) is 24.2. The highest BCUT2D eigenvalue weighted by Gasteiger charge is 2.25. The van der Waals surface area contributed by atoms with E-state index >= 15 is 0 Å². The lowest BCUT2D eigenvalue weighted by atomic mass is 9.83. The van der Waals surface area contributed by atoms with Crippen LogP contribution in [0, 0.1) is 11.8 Å². The van der Waals surface area contributed by atoms with Crippen LogP contribution in [-0.4, -0.2) is 18.5 Å². The van der Waals surface area contributed by atoms with Gasteiger partial charge in [0.25, 0.3) is 0 Å². The summed E-state index contributed by atoms with van der Waals surface area (Å²) in [6.07, 6.45) is 7.50. The molecule has 0 radical (unpaired) electrons. The van der Waals surface area contributed by atoms with Crippen LogP contribution in [0.5, 0.6) is 5.75 Å². The van der Waals surface area contributed by atoms with Gasteiger partial charge in [-0.15, -0.1) is 0 Å². The van der Waals surface area contributed by atoms with E-state index in [0.717, 1.165) is 36.8 Å². The summed E-state index contributed by atoms with van der Waals surface area (Å²) in [5, 5.41) is 0. The second-order valence-corrected chi connectivity index (χ2v) is 8.16. The zero-order valence-corrected chi connectivity index (χ0v) is 17.9. The van der Waals surface area contributed by atoms with Gasteiger partial charge in [-0.25, -0.2) is 4.79 Å². The second-order valence-electron chi connectivity index (χ2n) is 8.16. The number of nitrogen functional groups attached to an aromatic ring is 2. The first-order valence-corrected chi connectivity index (χ1v) is 10.7. The second kappa shape index (κ2) is 10.7. The van der Waals surface area contributed by atoms with Gasteiger partial charge in [0.05, 0.1) is 12.5 Å². The van der Waals surface area contributed by atoms with Crippen molar-refractivity contribution in [1.29, 1.82) is 0 Å². The molecule has 0 saturated heterocycles. The Morgan fingerprint density at radius 2 is 1.74 bits per heavy atom. The van der Waals surface area contributed by atoms with Gasteiger partial charge in [0.1, 0.15) is 5.75 Å². The van der Waals surface area contributed by atoms with Crippen LogP contribution in [0.1, 0.15) is 43.7 Å². The molecule has 6 heteroatoms. The molecule has 0 unspecified atom stereocenters. The highest BCUT2D eigenvalue weighted by atomic mass is 16.5. The zero-order chi connectivity index (χ0) is 22.2. The number of hydrogen-bond acceptors (Lipinski definition) is 6. The van der Waals surface area contributed by atoms with Gasteiger partial charge >= 0.3 is 11.9 Å². The van der Waals surface area contributed by atoms with E-state index in [-0.39, 0.29) is 18.5 Å². The molecule has 0 aliphatic heterocycles.